The van der Waals surface area contributed by atoms with Gasteiger partial charge in [0.2, 0.25) is 5.96 Å². The van der Waals surface area contributed by atoms with Gasteiger partial charge in [0, 0.05) is 0 Å². The van der Waals surface area contributed by atoms with E-state index in [0.29, 0.717) is 0 Å². The molecule has 0 aliphatic heterocycles. The van der Waals surface area contributed by atoms with Crippen LogP contribution < -0.4 is 11.2 Å². The van der Waals surface area contributed by atoms with E-state index in [2.05, 4.69) is 20.7 Å². The van der Waals surface area contributed by atoms with E-state index in [4.69, 9.17) is 5.73 Å². The third kappa shape index (κ3) is 5.20. The Morgan fingerprint density at radius 2 is 1.36 bits per heavy atom. The van der Waals surface area contributed by atoms with Crippen LogP contribution >= 0.6 is 0 Å². The summed E-state index contributed by atoms with van der Waals surface area (Å²) in [4.78, 5) is 0. The quantitative estimate of drug-likeness (QED) is 0.516. The number of hydrazone groups is 1. The molecule has 0 fully saturated rings. The van der Waals surface area contributed by atoms with E-state index in [1.165, 1.54) is 11.1 Å². The lowest BCUT2D eigenvalue weighted by atomic mass is 10.2. The molecule has 112 valence electrons. The second-order valence-corrected chi connectivity index (χ2v) is 4.92. The minimum Gasteiger partial charge on any atom is -0.367 e. The number of nitrogens with one attached hydrogen (secondary N) is 1. The van der Waals surface area contributed by atoms with E-state index in [1.54, 1.807) is 12.4 Å². The summed E-state index contributed by atoms with van der Waals surface area (Å²) in [5.41, 5.74) is 12.6. The number of benzene rings is 2. The molecule has 0 heterocycles. The summed E-state index contributed by atoms with van der Waals surface area (Å²) in [5, 5.41) is 11.7. The molecule has 22 heavy (non-hydrogen) atoms. The predicted octanol–water partition coefficient (Wildman–Crippen LogP) is 2.58. The highest BCUT2D eigenvalue weighted by molar-refractivity contribution is 5.84. The monoisotopic (exact) mass is 293 g/mol. The molecule has 0 spiro atoms. The van der Waals surface area contributed by atoms with Crippen LogP contribution in [0.5, 0.6) is 0 Å². The number of guanidine groups is 1. The van der Waals surface area contributed by atoms with Crippen molar-refractivity contribution in [2.75, 3.05) is 0 Å². The molecule has 0 unspecified atom stereocenters. The minimum absolute atomic E-state index is 0.131. The predicted molar refractivity (Wildman–Crippen MR) is 92.3 cm³/mol. The minimum atomic E-state index is 0.131. The molecule has 0 aliphatic carbocycles. The van der Waals surface area contributed by atoms with E-state index in [-0.39, 0.29) is 5.96 Å². The molecule has 2 aromatic carbocycles. The second-order valence-electron chi connectivity index (χ2n) is 4.92. The van der Waals surface area contributed by atoms with Gasteiger partial charge in [-0.1, -0.05) is 59.7 Å². The fourth-order valence-electron chi connectivity index (χ4n) is 1.66. The fraction of sp³-hybridized carbons (Fsp3) is 0.118. The zero-order valence-electron chi connectivity index (χ0n) is 12.7. The lowest BCUT2D eigenvalue weighted by molar-refractivity contribution is 0.994. The Kier molecular flexibility index (Phi) is 5.43. The summed E-state index contributed by atoms with van der Waals surface area (Å²) in [6.07, 6.45) is 3.31. The normalized spacial score (nSPS) is 12.2. The molecule has 2 aromatic rings. The molecule has 0 saturated heterocycles. The number of hydrogen-bond acceptors (Lipinski definition) is 3. The van der Waals surface area contributed by atoms with Crippen molar-refractivity contribution < 1.29 is 0 Å². The van der Waals surface area contributed by atoms with Crippen LogP contribution in [0, 0.1) is 13.8 Å². The van der Waals surface area contributed by atoms with Crippen molar-refractivity contribution in [3.63, 3.8) is 0 Å². The SMILES string of the molecule is Cc1ccc(C=N/N=C(\N)NN=Cc2ccc(C)cc2)cc1. The molecule has 0 amide bonds. The van der Waals surface area contributed by atoms with Crippen LogP contribution in [0.25, 0.3) is 0 Å². The van der Waals surface area contributed by atoms with Crippen molar-refractivity contribution in [1.82, 2.24) is 5.43 Å². The maximum Gasteiger partial charge on any atom is 0.234 e. The van der Waals surface area contributed by atoms with Crippen LogP contribution in [0.4, 0.5) is 0 Å². The lowest BCUT2D eigenvalue weighted by Gasteiger charge is -1.97. The molecule has 3 N–H and O–H groups in total. The second kappa shape index (κ2) is 7.73. The number of nitrogens with zero attached hydrogens (tertiary/aromatic N) is 3. The van der Waals surface area contributed by atoms with Gasteiger partial charge < -0.3 is 5.73 Å². The molecular formula is C17H19N5. The zero-order chi connectivity index (χ0) is 15.8. The van der Waals surface area contributed by atoms with Gasteiger partial charge in [0.25, 0.3) is 0 Å². The van der Waals surface area contributed by atoms with Crippen LogP contribution in [0.3, 0.4) is 0 Å². The van der Waals surface area contributed by atoms with Gasteiger partial charge in [-0.15, -0.1) is 5.10 Å². The first-order valence-corrected chi connectivity index (χ1v) is 6.92. The topological polar surface area (TPSA) is 75.1 Å². The average molecular weight is 293 g/mol. The van der Waals surface area contributed by atoms with Crippen molar-refractivity contribution >= 4 is 18.4 Å². The van der Waals surface area contributed by atoms with E-state index < -0.39 is 0 Å². The third-order valence-corrected chi connectivity index (χ3v) is 2.92. The van der Waals surface area contributed by atoms with Crippen LogP contribution in [0.15, 0.2) is 63.8 Å². The summed E-state index contributed by atoms with van der Waals surface area (Å²) in [7, 11) is 0. The van der Waals surface area contributed by atoms with E-state index in [9.17, 15) is 0 Å². The van der Waals surface area contributed by atoms with Crippen LogP contribution in [0.1, 0.15) is 22.3 Å². The van der Waals surface area contributed by atoms with Gasteiger partial charge in [-0.05, 0) is 25.0 Å². The Morgan fingerprint density at radius 1 is 0.864 bits per heavy atom. The first-order chi connectivity index (χ1) is 10.6. The third-order valence-electron chi connectivity index (χ3n) is 2.92. The molecule has 5 nitrogen and oxygen atoms in total. The van der Waals surface area contributed by atoms with E-state index in [0.717, 1.165) is 11.1 Å². The van der Waals surface area contributed by atoms with Crippen molar-refractivity contribution in [1.29, 1.82) is 0 Å². The number of hydrogen-bond donors (Lipinski definition) is 2. The van der Waals surface area contributed by atoms with Crippen LogP contribution in [0.2, 0.25) is 0 Å². The van der Waals surface area contributed by atoms with Gasteiger partial charge in [-0.2, -0.15) is 10.2 Å². The van der Waals surface area contributed by atoms with Crippen molar-refractivity contribution in [2.24, 2.45) is 21.0 Å². The molecular weight excluding hydrogens is 274 g/mol. The summed E-state index contributed by atoms with van der Waals surface area (Å²) in [6.45, 7) is 4.07. The van der Waals surface area contributed by atoms with Gasteiger partial charge in [0.05, 0.1) is 12.4 Å². The average Bonchev–Trinajstić information content (AvgIpc) is 2.51. The van der Waals surface area contributed by atoms with Crippen molar-refractivity contribution in [2.45, 2.75) is 13.8 Å². The standard InChI is InChI=1S/C17H19N5/c1-13-3-7-15(8-4-13)11-19-21-17(18)22-20-12-16-9-5-14(2)6-10-16/h3-12H,1-2H3,(H3,18,21,22). The van der Waals surface area contributed by atoms with Gasteiger partial charge in [-0.25, -0.2) is 5.43 Å². The van der Waals surface area contributed by atoms with Gasteiger partial charge in [-0.3, -0.25) is 0 Å². The lowest BCUT2D eigenvalue weighted by Crippen LogP contribution is -2.26. The summed E-state index contributed by atoms with van der Waals surface area (Å²) in [6, 6.07) is 15.9. The summed E-state index contributed by atoms with van der Waals surface area (Å²) in [5.74, 6) is 0.131. The Labute approximate surface area is 130 Å². The highest BCUT2D eigenvalue weighted by atomic mass is 15.4. The molecule has 0 aromatic heterocycles. The Morgan fingerprint density at radius 3 is 1.91 bits per heavy atom. The Hall–Kier alpha value is -2.95. The number of rotatable bonds is 4. The van der Waals surface area contributed by atoms with Crippen molar-refractivity contribution in [3.05, 3.63) is 70.8 Å². The molecule has 0 radical (unpaired) electrons. The molecule has 0 bridgehead atoms. The first kappa shape index (κ1) is 15.4. The molecule has 2 rings (SSSR count). The largest absolute Gasteiger partial charge is 0.367 e. The van der Waals surface area contributed by atoms with Crippen LogP contribution in [-0.2, 0) is 0 Å². The van der Waals surface area contributed by atoms with E-state index in [1.807, 2.05) is 62.4 Å². The van der Waals surface area contributed by atoms with Crippen LogP contribution in [-0.4, -0.2) is 18.4 Å². The van der Waals surface area contributed by atoms with Gasteiger partial charge in [0.1, 0.15) is 0 Å². The molecule has 5 heteroatoms. The van der Waals surface area contributed by atoms with E-state index >= 15 is 0 Å². The smallest absolute Gasteiger partial charge is 0.234 e. The number of aryl methyl sites for hydroxylation is 2. The first-order valence-electron chi connectivity index (χ1n) is 6.92. The van der Waals surface area contributed by atoms with Crippen molar-refractivity contribution in [3.8, 4) is 0 Å². The Balaban J connectivity index is 1.87. The molecule has 0 atom stereocenters. The highest BCUT2D eigenvalue weighted by Gasteiger charge is 1.89. The molecule has 0 saturated carbocycles. The van der Waals surface area contributed by atoms with Gasteiger partial charge >= 0.3 is 0 Å². The maximum absolute atomic E-state index is 5.66. The Bertz CT molecular complexity index is 682. The maximum atomic E-state index is 5.66. The van der Waals surface area contributed by atoms with Gasteiger partial charge in [0.15, 0.2) is 0 Å². The summed E-state index contributed by atoms with van der Waals surface area (Å²) < 4.78 is 0. The fourth-order valence-corrected chi connectivity index (χ4v) is 1.66. The summed E-state index contributed by atoms with van der Waals surface area (Å²) >= 11 is 0. The highest BCUT2D eigenvalue weighted by Crippen LogP contribution is 2.00. The zero-order valence-corrected chi connectivity index (χ0v) is 12.7. The molecule has 0 aliphatic rings. The number of nitrogens with two attached hydrogens (primary N) is 1.